The molecule has 0 atom stereocenters. The Bertz CT molecular complexity index is 634. The first-order valence-electron chi connectivity index (χ1n) is 6.73. The molecule has 21 heavy (non-hydrogen) atoms. The minimum absolute atomic E-state index is 0.157. The van der Waals surface area contributed by atoms with Gasteiger partial charge in [-0.3, -0.25) is 4.79 Å². The Morgan fingerprint density at radius 3 is 2.52 bits per heavy atom. The minimum Gasteiger partial charge on any atom is -0.266 e. The number of aromatic nitrogens is 1. The molecule has 1 aromatic carbocycles. The summed E-state index contributed by atoms with van der Waals surface area (Å²) >= 11 is 0. The zero-order valence-electron chi connectivity index (χ0n) is 11.9. The molecule has 0 aliphatic carbocycles. The molecule has 2 rings (SSSR count). The summed E-state index contributed by atoms with van der Waals surface area (Å²) in [5, 5.41) is 3.96. The van der Waals surface area contributed by atoms with Gasteiger partial charge < -0.3 is 0 Å². The molecule has 4 nitrogen and oxygen atoms in total. The standard InChI is InChI=1S/C17H17N3O/c1-15(12-16-8-4-2-5-9-16)13-18-19-17(21)14-20-10-6-3-7-11-20/h2-13H,14H2,1H3/p+1/b15-12+,18-13-. The summed E-state index contributed by atoms with van der Waals surface area (Å²) in [5.41, 5.74) is 4.59. The van der Waals surface area contributed by atoms with E-state index < -0.39 is 0 Å². The summed E-state index contributed by atoms with van der Waals surface area (Å²) in [6.07, 6.45) is 7.32. The van der Waals surface area contributed by atoms with E-state index in [0.29, 0.717) is 0 Å². The highest BCUT2D eigenvalue weighted by Crippen LogP contribution is 2.04. The van der Waals surface area contributed by atoms with Gasteiger partial charge in [-0.2, -0.15) is 9.67 Å². The summed E-state index contributed by atoms with van der Waals surface area (Å²) in [6, 6.07) is 15.6. The van der Waals surface area contributed by atoms with E-state index in [9.17, 15) is 4.79 Å². The third-order valence-corrected chi connectivity index (χ3v) is 2.75. The van der Waals surface area contributed by atoms with Crippen LogP contribution in [0.1, 0.15) is 12.5 Å². The van der Waals surface area contributed by atoms with Gasteiger partial charge in [0.2, 0.25) is 6.54 Å². The number of allylic oxidation sites excluding steroid dienone is 1. The lowest BCUT2D eigenvalue weighted by atomic mass is 10.1. The van der Waals surface area contributed by atoms with Crippen molar-refractivity contribution in [1.82, 2.24) is 5.43 Å². The summed E-state index contributed by atoms with van der Waals surface area (Å²) in [4.78, 5) is 11.7. The fourth-order valence-corrected chi connectivity index (χ4v) is 1.80. The number of rotatable bonds is 5. The Morgan fingerprint density at radius 1 is 1.14 bits per heavy atom. The number of hydrazone groups is 1. The predicted molar refractivity (Wildman–Crippen MR) is 83.4 cm³/mol. The molecule has 0 unspecified atom stereocenters. The Hall–Kier alpha value is -2.75. The largest absolute Gasteiger partial charge is 0.305 e. The van der Waals surface area contributed by atoms with Crippen molar-refractivity contribution in [2.75, 3.05) is 0 Å². The van der Waals surface area contributed by atoms with Crippen LogP contribution in [-0.2, 0) is 11.3 Å². The predicted octanol–water partition coefficient (Wildman–Crippen LogP) is 2.18. The van der Waals surface area contributed by atoms with Crippen molar-refractivity contribution in [3.8, 4) is 0 Å². The van der Waals surface area contributed by atoms with Gasteiger partial charge in [-0.05, 0) is 18.1 Å². The van der Waals surface area contributed by atoms with Crippen LogP contribution in [0.15, 0.2) is 71.6 Å². The van der Waals surface area contributed by atoms with Crippen LogP contribution in [0.3, 0.4) is 0 Å². The molecule has 1 heterocycles. The molecule has 1 amide bonds. The number of carbonyl (C=O) groups is 1. The first-order chi connectivity index (χ1) is 10.2. The molecule has 0 spiro atoms. The molecule has 2 aromatic rings. The van der Waals surface area contributed by atoms with Crippen LogP contribution in [0.5, 0.6) is 0 Å². The van der Waals surface area contributed by atoms with Gasteiger partial charge in [0.15, 0.2) is 12.4 Å². The Morgan fingerprint density at radius 2 is 1.81 bits per heavy atom. The molecular weight excluding hydrogens is 262 g/mol. The fraction of sp³-hybridized carbons (Fsp3) is 0.118. The topological polar surface area (TPSA) is 45.3 Å². The van der Waals surface area contributed by atoms with Gasteiger partial charge in [0.1, 0.15) is 0 Å². The second kappa shape index (κ2) is 7.75. The molecular formula is C17H18N3O+. The molecule has 1 aromatic heterocycles. The van der Waals surface area contributed by atoms with Gasteiger partial charge in [0.25, 0.3) is 0 Å². The average molecular weight is 280 g/mol. The van der Waals surface area contributed by atoms with E-state index in [4.69, 9.17) is 0 Å². The molecule has 0 aliphatic rings. The van der Waals surface area contributed by atoms with Crippen molar-refractivity contribution in [1.29, 1.82) is 0 Å². The molecule has 0 saturated carbocycles. The number of hydrogen-bond donors (Lipinski definition) is 1. The van der Waals surface area contributed by atoms with E-state index in [-0.39, 0.29) is 12.5 Å². The average Bonchev–Trinajstić information content (AvgIpc) is 2.49. The van der Waals surface area contributed by atoms with Crippen LogP contribution in [0, 0.1) is 0 Å². The zero-order chi connectivity index (χ0) is 14.9. The van der Waals surface area contributed by atoms with Gasteiger partial charge in [-0.25, -0.2) is 5.43 Å². The summed E-state index contributed by atoms with van der Waals surface area (Å²) < 4.78 is 1.79. The van der Waals surface area contributed by atoms with Crippen LogP contribution in [-0.4, -0.2) is 12.1 Å². The Kier molecular flexibility index (Phi) is 5.41. The van der Waals surface area contributed by atoms with Crippen LogP contribution in [0.2, 0.25) is 0 Å². The summed E-state index contributed by atoms with van der Waals surface area (Å²) in [5.74, 6) is -0.157. The maximum absolute atomic E-state index is 11.7. The Balaban J connectivity index is 1.84. The van der Waals surface area contributed by atoms with Gasteiger partial charge in [-0.1, -0.05) is 42.5 Å². The fourth-order valence-electron chi connectivity index (χ4n) is 1.80. The minimum atomic E-state index is -0.157. The molecule has 0 aliphatic heterocycles. The van der Waals surface area contributed by atoms with E-state index in [0.717, 1.165) is 11.1 Å². The summed E-state index contributed by atoms with van der Waals surface area (Å²) in [6.45, 7) is 2.19. The maximum atomic E-state index is 11.7. The van der Waals surface area contributed by atoms with Gasteiger partial charge in [-0.15, -0.1) is 0 Å². The van der Waals surface area contributed by atoms with Gasteiger partial charge in [0, 0.05) is 12.1 Å². The van der Waals surface area contributed by atoms with E-state index in [1.165, 1.54) is 0 Å². The number of nitrogens with one attached hydrogen (secondary N) is 1. The molecule has 1 N–H and O–H groups in total. The Labute approximate surface area is 124 Å². The zero-order valence-corrected chi connectivity index (χ0v) is 11.9. The highest BCUT2D eigenvalue weighted by Gasteiger charge is 2.06. The number of pyridine rings is 1. The number of amides is 1. The van der Waals surface area contributed by atoms with Gasteiger partial charge >= 0.3 is 5.91 Å². The summed E-state index contributed by atoms with van der Waals surface area (Å²) in [7, 11) is 0. The van der Waals surface area contributed by atoms with Crippen molar-refractivity contribution in [2.45, 2.75) is 13.5 Å². The highest BCUT2D eigenvalue weighted by molar-refractivity contribution is 5.85. The number of nitrogens with zero attached hydrogens (tertiary/aromatic N) is 2. The van der Waals surface area contributed by atoms with Gasteiger partial charge in [0.05, 0.1) is 6.21 Å². The third kappa shape index (κ3) is 5.40. The molecule has 0 fully saturated rings. The van der Waals surface area contributed by atoms with E-state index in [1.807, 2.05) is 73.9 Å². The highest BCUT2D eigenvalue weighted by atomic mass is 16.2. The van der Waals surface area contributed by atoms with Crippen LogP contribution >= 0.6 is 0 Å². The van der Waals surface area contributed by atoms with E-state index >= 15 is 0 Å². The molecule has 4 heteroatoms. The number of hydrogen-bond acceptors (Lipinski definition) is 2. The quantitative estimate of drug-likeness (QED) is 0.509. The second-order valence-electron chi connectivity index (χ2n) is 4.64. The normalized spacial score (nSPS) is 11.6. The lowest BCUT2D eigenvalue weighted by Crippen LogP contribution is -2.40. The molecule has 0 radical (unpaired) electrons. The maximum Gasteiger partial charge on any atom is 0.305 e. The van der Waals surface area contributed by atoms with Crippen LogP contribution in [0.4, 0.5) is 0 Å². The van der Waals surface area contributed by atoms with Crippen LogP contribution in [0.25, 0.3) is 6.08 Å². The smallest absolute Gasteiger partial charge is 0.266 e. The SMILES string of the molecule is CC(/C=N\NC(=O)C[n+]1ccccc1)=C\c1ccccc1. The van der Waals surface area contributed by atoms with Crippen molar-refractivity contribution >= 4 is 18.2 Å². The van der Waals surface area contributed by atoms with Crippen molar-refractivity contribution in [3.05, 3.63) is 72.1 Å². The van der Waals surface area contributed by atoms with E-state index in [1.54, 1.807) is 10.8 Å². The number of carbonyl (C=O) groups excluding carboxylic acids is 1. The molecule has 0 bridgehead atoms. The van der Waals surface area contributed by atoms with Crippen molar-refractivity contribution in [3.63, 3.8) is 0 Å². The van der Waals surface area contributed by atoms with Crippen LogP contribution < -0.4 is 9.99 Å². The first kappa shape index (κ1) is 14.7. The lowest BCUT2D eigenvalue weighted by molar-refractivity contribution is -0.684. The second-order valence-corrected chi connectivity index (χ2v) is 4.64. The molecule has 0 saturated heterocycles. The lowest BCUT2D eigenvalue weighted by Gasteiger charge is -1.97. The monoisotopic (exact) mass is 280 g/mol. The first-order valence-corrected chi connectivity index (χ1v) is 6.73. The van der Waals surface area contributed by atoms with E-state index in [2.05, 4.69) is 10.5 Å². The van der Waals surface area contributed by atoms with Crippen molar-refractivity contribution in [2.24, 2.45) is 5.10 Å². The van der Waals surface area contributed by atoms with Crippen molar-refractivity contribution < 1.29 is 9.36 Å². The third-order valence-electron chi connectivity index (χ3n) is 2.75. The number of benzene rings is 1. The molecule has 106 valence electrons.